The van der Waals surface area contributed by atoms with Crippen molar-refractivity contribution in [2.75, 3.05) is 11.9 Å². The minimum atomic E-state index is -1.07. The number of anilines is 2. The molecule has 140 valence electrons. The van der Waals surface area contributed by atoms with Crippen molar-refractivity contribution < 1.29 is 19.8 Å². The Morgan fingerprint density at radius 3 is 2.71 bits per heavy atom. The van der Waals surface area contributed by atoms with Gasteiger partial charge in [0.2, 0.25) is 5.88 Å². The number of aromatic hydroxyl groups is 1. The first-order valence-corrected chi connectivity index (χ1v) is 9.67. The molecule has 9 heteroatoms. The zero-order chi connectivity index (χ0) is 20.0. The highest BCUT2D eigenvalue weighted by Gasteiger charge is 2.26. The van der Waals surface area contributed by atoms with Gasteiger partial charge in [0.1, 0.15) is 4.88 Å². The number of carboxylic acids is 1. The van der Waals surface area contributed by atoms with E-state index >= 15 is 0 Å². The monoisotopic (exact) mass is 457 g/mol. The topological polar surface area (TPSA) is 103 Å². The van der Waals surface area contributed by atoms with E-state index < -0.39 is 11.9 Å². The molecule has 0 saturated heterocycles. The Kier molecular flexibility index (Phi) is 4.48. The van der Waals surface area contributed by atoms with Crippen LogP contribution < -0.4 is 15.5 Å². The molecule has 0 aliphatic carbocycles. The summed E-state index contributed by atoms with van der Waals surface area (Å²) in [4.78, 5) is 34.0. The zero-order valence-electron chi connectivity index (χ0n) is 14.4. The minimum Gasteiger partial charge on any atom is -0.492 e. The number of benzene rings is 2. The zero-order valence-corrected chi connectivity index (χ0v) is 16.8. The number of nitrogens with zero attached hydrogens (tertiary/aromatic N) is 3. The molecule has 0 fully saturated rings. The Labute approximate surface area is 171 Å². The van der Waals surface area contributed by atoms with Gasteiger partial charge in [0.05, 0.1) is 22.2 Å². The number of carbonyl (C=O) groups is 2. The summed E-state index contributed by atoms with van der Waals surface area (Å²) in [7, 11) is 1.65. The molecule has 2 N–H and O–H groups in total. The number of amides is 1. The molecule has 2 aromatic carbocycles. The van der Waals surface area contributed by atoms with Gasteiger partial charge in [-0.25, -0.2) is 9.79 Å². The van der Waals surface area contributed by atoms with Crippen LogP contribution in [0.2, 0.25) is 0 Å². The number of para-hydroxylation sites is 1. The van der Waals surface area contributed by atoms with Crippen LogP contribution in [-0.4, -0.2) is 34.1 Å². The molecule has 4 rings (SSSR count). The average Bonchev–Trinajstić information content (AvgIpc) is 3.19. The molecule has 1 aliphatic rings. The van der Waals surface area contributed by atoms with Crippen LogP contribution in [0.25, 0.3) is 5.57 Å². The fourth-order valence-electron chi connectivity index (χ4n) is 2.96. The van der Waals surface area contributed by atoms with Crippen LogP contribution in [0.4, 0.5) is 10.8 Å². The molecular weight excluding hydrogens is 446 g/mol. The molecular formula is C19H12BrN3O4S. The molecule has 2 heterocycles. The van der Waals surface area contributed by atoms with Crippen LogP contribution in [-0.2, 0) is 4.79 Å². The number of hydrogen-bond acceptors (Lipinski definition) is 6. The molecule has 0 radical (unpaired) electrons. The molecule has 0 atom stereocenters. The average molecular weight is 458 g/mol. The first kappa shape index (κ1) is 18.3. The lowest BCUT2D eigenvalue weighted by molar-refractivity contribution is -0.112. The van der Waals surface area contributed by atoms with Crippen LogP contribution in [0, 0.1) is 0 Å². The van der Waals surface area contributed by atoms with E-state index in [1.807, 2.05) is 0 Å². The van der Waals surface area contributed by atoms with Gasteiger partial charge in [-0.1, -0.05) is 39.4 Å². The number of aromatic nitrogens is 1. The maximum atomic E-state index is 12.4. The number of thiazole rings is 1. The van der Waals surface area contributed by atoms with Gasteiger partial charge in [0.25, 0.3) is 5.91 Å². The number of carbonyl (C=O) groups excluding carboxylic acids is 1. The summed E-state index contributed by atoms with van der Waals surface area (Å²) in [6.07, 6.45) is 0. The highest BCUT2D eigenvalue weighted by atomic mass is 79.9. The van der Waals surface area contributed by atoms with E-state index in [4.69, 9.17) is 0 Å². The van der Waals surface area contributed by atoms with Crippen LogP contribution in [0.3, 0.4) is 0 Å². The van der Waals surface area contributed by atoms with Gasteiger partial charge in [-0.2, -0.15) is 4.98 Å². The Bertz CT molecular complexity index is 1270. The second-order valence-electron chi connectivity index (χ2n) is 5.98. The SMILES string of the molecule is CN(c1nc(O)c(C2=c3cc(Br)ccc3=NC2=O)s1)c1ccccc1C(=O)O. The van der Waals surface area contributed by atoms with Crippen molar-refractivity contribution in [2.45, 2.75) is 0 Å². The number of hydrogen-bond donors (Lipinski definition) is 2. The van der Waals surface area contributed by atoms with Gasteiger partial charge in [-0.15, -0.1) is 0 Å². The summed E-state index contributed by atoms with van der Waals surface area (Å²) in [5.41, 5.74) is 0.804. The maximum absolute atomic E-state index is 12.4. The van der Waals surface area contributed by atoms with Gasteiger partial charge in [-0.05, 0) is 30.3 Å². The Morgan fingerprint density at radius 2 is 1.96 bits per heavy atom. The van der Waals surface area contributed by atoms with Crippen molar-refractivity contribution >= 4 is 55.5 Å². The standard InChI is InChI=1S/C19H12BrN3O4S/c1-23(13-5-3-2-4-10(13)18(26)27)19-22-17(25)15(28-19)14-11-8-9(20)6-7-12(11)21-16(14)24/h2-8,25H,1H3,(H,26,27). The predicted octanol–water partition coefficient (Wildman–Crippen LogP) is 2.44. The fourth-order valence-corrected chi connectivity index (χ4v) is 4.31. The van der Waals surface area contributed by atoms with Gasteiger partial charge in [0, 0.05) is 16.7 Å². The number of halogens is 1. The fraction of sp³-hybridized carbons (Fsp3) is 0.0526. The predicted molar refractivity (Wildman–Crippen MR) is 108 cm³/mol. The van der Waals surface area contributed by atoms with E-state index in [9.17, 15) is 19.8 Å². The number of aromatic carboxylic acids is 1. The van der Waals surface area contributed by atoms with E-state index in [0.717, 1.165) is 15.8 Å². The van der Waals surface area contributed by atoms with Crippen molar-refractivity contribution in [1.82, 2.24) is 4.98 Å². The van der Waals surface area contributed by atoms with Crippen LogP contribution >= 0.6 is 27.3 Å². The van der Waals surface area contributed by atoms with Crippen molar-refractivity contribution in [1.29, 1.82) is 0 Å². The summed E-state index contributed by atoms with van der Waals surface area (Å²) in [5, 5.41) is 21.3. The third kappa shape index (κ3) is 2.98. The summed E-state index contributed by atoms with van der Waals surface area (Å²) in [6.45, 7) is 0. The highest BCUT2D eigenvalue weighted by molar-refractivity contribution is 9.10. The molecule has 0 saturated carbocycles. The molecule has 0 bridgehead atoms. The number of fused-ring (bicyclic) bond motifs is 1. The van der Waals surface area contributed by atoms with Gasteiger partial charge in [0.15, 0.2) is 5.13 Å². The van der Waals surface area contributed by atoms with Gasteiger partial charge in [-0.3, -0.25) is 4.79 Å². The summed E-state index contributed by atoms with van der Waals surface area (Å²) in [6, 6.07) is 11.8. The molecule has 1 amide bonds. The van der Waals surface area contributed by atoms with Crippen LogP contribution in [0.1, 0.15) is 15.2 Å². The first-order valence-electron chi connectivity index (χ1n) is 8.06. The first-order chi connectivity index (χ1) is 13.4. The van der Waals surface area contributed by atoms with E-state index in [-0.39, 0.29) is 17.0 Å². The summed E-state index contributed by atoms with van der Waals surface area (Å²) >= 11 is 4.47. The molecule has 1 aliphatic heterocycles. The minimum absolute atomic E-state index is 0.107. The van der Waals surface area contributed by atoms with Crippen molar-refractivity contribution in [3.8, 4) is 5.88 Å². The van der Waals surface area contributed by atoms with Gasteiger partial charge < -0.3 is 15.1 Å². The number of carboxylic acid groups (broad SMARTS) is 1. The van der Waals surface area contributed by atoms with Crippen LogP contribution in [0.5, 0.6) is 5.88 Å². The summed E-state index contributed by atoms with van der Waals surface area (Å²) in [5.74, 6) is -1.82. The Balaban J connectivity index is 1.85. The van der Waals surface area contributed by atoms with E-state index in [1.54, 1.807) is 48.3 Å². The highest BCUT2D eigenvalue weighted by Crippen LogP contribution is 2.38. The third-order valence-electron chi connectivity index (χ3n) is 4.27. The normalized spacial score (nSPS) is 12.6. The second-order valence-corrected chi connectivity index (χ2v) is 7.88. The Morgan fingerprint density at radius 1 is 1.21 bits per heavy atom. The van der Waals surface area contributed by atoms with Crippen molar-refractivity contribution in [3.63, 3.8) is 0 Å². The number of rotatable bonds is 4. The maximum Gasteiger partial charge on any atom is 0.337 e. The molecule has 1 aromatic heterocycles. The molecule has 0 unspecified atom stereocenters. The van der Waals surface area contributed by atoms with E-state index in [1.165, 1.54) is 6.07 Å². The van der Waals surface area contributed by atoms with Crippen LogP contribution in [0.15, 0.2) is 51.9 Å². The quantitative estimate of drug-likeness (QED) is 0.623. The lowest BCUT2D eigenvalue weighted by Crippen LogP contribution is -2.22. The smallest absolute Gasteiger partial charge is 0.337 e. The largest absolute Gasteiger partial charge is 0.492 e. The lowest BCUT2D eigenvalue weighted by Gasteiger charge is -2.17. The van der Waals surface area contributed by atoms with E-state index in [2.05, 4.69) is 25.9 Å². The molecule has 28 heavy (non-hydrogen) atoms. The van der Waals surface area contributed by atoms with Crippen molar-refractivity contribution in [2.24, 2.45) is 4.99 Å². The van der Waals surface area contributed by atoms with E-state index in [0.29, 0.717) is 26.3 Å². The molecule has 0 spiro atoms. The molecule has 7 nitrogen and oxygen atoms in total. The lowest BCUT2D eigenvalue weighted by atomic mass is 10.1. The Hall–Kier alpha value is -3.04. The third-order valence-corrected chi connectivity index (χ3v) is 5.90. The van der Waals surface area contributed by atoms with Gasteiger partial charge >= 0.3 is 5.97 Å². The summed E-state index contributed by atoms with van der Waals surface area (Å²) < 4.78 is 0.783. The molecule has 3 aromatic rings. The second kappa shape index (κ2) is 6.84. The van der Waals surface area contributed by atoms with Crippen molar-refractivity contribution in [3.05, 3.63) is 68.0 Å².